The topological polar surface area (TPSA) is 99.3 Å². The Morgan fingerprint density at radius 2 is 2.08 bits per heavy atom. The zero-order valence-corrected chi connectivity index (χ0v) is 21.9. The van der Waals surface area contributed by atoms with Gasteiger partial charge in [-0.2, -0.15) is 5.26 Å². The van der Waals surface area contributed by atoms with Gasteiger partial charge in [-0.1, -0.05) is 6.07 Å². The first-order chi connectivity index (χ1) is 18.4. The Labute approximate surface area is 221 Å². The van der Waals surface area contributed by atoms with E-state index in [1.165, 1.54) is 6.20 Å². The largest absolute Gasteiger partial charge is 0.492 e. The molecule has 1 atom stereocenters. The minimum absolute atomic E-state index is 0.0579. The summed E-state index contributed by atoms with van der Waals surface area (Å²) in [7, 11) is 1.82. The van der Waals surface area contributed by atoms with E-state index in [0.29, 0.717) is 68.3 Å². The van der Waals surface area contributed by atoms with Gasteiger partial charge in [-0.3, -0.25) is 14.7 Å². The number of rotatable bonds is 9. The Morgan fingerprint density at radius 3 is 2.79 bits per heavy atom. The number of imidazole rings is 1. The highest BCUT2D eigenvalue weighted by atomic mass is 19.1. The maximum Gasteiger partial charge on any atom is 0.254 e. The number of hydrogen-bond acceptors (Lipinski definition) is 7. The maximum absolute atomic E-state index is 13.9. The summed E-state index contributed by atoms with van der Waals surface area (Å²) in [6, 6.07) is 7.68. The molecule has 1 amide bonds. The number of likely N-dealkylation sites (tertiary alicyclic amines) is 1. The standard InChI is InChI=1S/C28H32FN7O2/c1-4-38-26-11-25(33-13-21(26)12-30)18(2)36-7-5-23-20(15-34-16-22(29)17-34)9-19(10-24(23)27(36)37)14-35-8-6-32-28(35)31-3/h6,8-11,13,18,22H,4-5,7,14-17H2,1-3H3,(H,31,32)/t18-/m0/s1. The molecule has 2 aromatic heterocycles. The van der Waals surface area contributed by atoms with Gasteiger partial charge in [0.05, 0.1) is 24.9 Å². The number of anilines is 1. The van der Waals surface area contributed by atoms with Crippen LogP contribution in [-0.4, -0.2) is 69.7 Å². The van der Waals surface area contributed by atoms with Crippen molar-refractivity contribution in [1.82, 2.24) is 24.3 Å². The number of nitrogens with zero attached hydrogens (tertiary/aromatic N) is 6. The Morgan fingerprint density at radius 1 is 1.26 bits per heavy atom. The number of halogens is 1. The number of amides is 1. The minimum atomic E-state index is -0.780. The average Bonchev–Trinajstić information content (AvgIpc) is 3.35. The summed E-state index contributed by atoms with van der Waals surface area (Å²) < 4.78 is 21.2. The SMILES string of the molecule is CCOc1cc([C@H](C)N2CCc3c(CN4CC(F)C4)cc(Cn4ccnc4NC)cc3C2=O)ncc1C#N. The van der Waals surface area contributed by atoms with E-state index in [4.69, 9.17) is 4.74 Å². The molecule has 0 bridgehead atoms. The number of ether oxygens (including phenoxy) is 1. The molecule has 0 spiro atoms. The molecule has 38 heavy (non-hydrogen) atoms. The monoisotopic (exact) mass is 517 g/mol. The molecule has 0 unspecified atom stereocenters. The van der Waals surface area contributed by atoms with Crippen LogP contribution in [0.15, 0.2) is 36.8 Å². The van der Waals surface area contributed by atoms with Crippen LogP contribution in [0.2, 0.25) is 0 Å². The third-order valence-electron chi connectivity index (χ3n) is 7.30. The summed E-state index contributed by atoms with van der Waals surface area (Å²) in [5.41, 5.74) is 4.82. The molecule has 0 aliphatic carbocycles. The molecule has 1 saturated heterocycles. The van der Waals surface area contributed by atoms with Gasteiger partial charge in [0.2, 0.25) is 5.95 Å². The Hall–Kier alpha value is -3.97. The summed E-state index contributed by atoms with van der Waals surface area (Å²) in [5.74, 6) is 1.16. The van der Waals surface area contributed by atoms with Crippen molar-refractivity contribution in [2.24, 2.45) is 0 Å². The molecule has 1 fully saturated rings. The van der Waals surface area contributed by atoms with E-state index in [2.05, 4.69) is 32.3 Å². The fraction of sp³-hybridized carbons (Fsp3) is 0.429. The molecule has 4 heterocycles. The lowest BCUT2D eigenvalue weighted by atomic mass is 9.89. The molecule has 10 heteroatoms. The van der Waals surface area contributed by atoms with Crippen LogP contribution in [0, 0.1) is 11.3 Å². The molecular formula is C28H32FN7O2. The van der Waals surface area contributed by atoms with Crippen molar-refractivity contribution in [3.8, 4) is 11.8 Å². The molecule has 1 N–H and O–H groups in total. The van der Waals surface area contributed by atoms with Crippen LogP contribution >= 0.6 is 0 Å². The highest BCUT2D eigenvalue weighted by Gasteiger charge is 2.33. The second kappa shape index (κ2) is 10.8. The van der Waals surface area contributed by atoms with E-state index in [1.54, 1.807) is 12.3 Å². The third-order valence-corrected chi connectivity index (χ3v) is 7.30. The van der Waals surface area contributed by atoms with E-state index in [9.17, 15) is 14.4 Å². The maximum atomic E-state index is 13.9. The van der Waals surface area contributed by atoms with Crippen LogP contribution in [0.5, 0.6) is 5.75 Å². The number of pyridine rings is 1. The van der Waals surface area contributed by atoms with Crippen LogP contribution in [0.1, 0.15) is 58.2 Å². The van der Waals surface area contributed by atoms with E-state index >= 15 is 0 Å². The lowest BCUT2D eigenvalue weighted by Crippen LogP contribution is -2.48. The van der Waals surface area contributed by atoms with E-state index in [1.807, 2.05) is 42.6 Å². The van der Waals surface area contributed by atoms with Gasteiger partial charge >= 0.3 is 0 Å². The molecule has 0 saturated carbocycles. The Bertz CT molecular complexity index is 1380. The van der Waals surface area contributed by atoms with Crippen LogP contribution in [-0.2, 0) is 19.5 Å². The van der Waals surface area contributed by atoms with Crippen LogP contribution < -0.4 is 10.1 Å². The minimum Gasteiger partial charge on any atom is -0.492 e. The number of nitrogens with one attached hydrogen (secondary N) is 1. The molecular weight excluding hydrogens is 485 g/mol. The van der Waals surface area contributed by atoms with Gasteiger partial charge < -0.3 is 19.5 Å². The Kier molecular flexibility index (Phi) is 7.29. The third kappa shape index (κ3) is 4.94. The van der Waals surface area contributed by atoms with Gasteiger partial charge in [-0.25, -0.2) is 9.37 Å². The number of benzene rings is 1. The van der Waals surface area contributed by atoms with Crippen LogP contribution in [0.4, 0.5) is 10.3 Å². The summed E-state index contributed by atoms with van der Waals surface area (Å²) in [4.78, 5) is 26.6. The summed E-state index contributed by atoms with van der Waals surface area (Å²) in [5, 5.41) is 12.5. The summed E-state index contributed by atoms with van der Waals surface area (Å²) in [6.07, 6.45) is 5.07. The molecule has 9 nitrogen and oxygen atoms in total. The van der Waals surface area contributed by atoms with Crippen molar-refractivity contribution in [3.05, 3.63) is 70.3 Å². The van der Waals surface area contributed by atoms with Gasteiger partial charge in [0.15, 0.2) is 0 Å². The Balaban J connectivity index is 1.47. The number of aromatic nitrogens is 3. The first-order valence-corrected chi connectivity index (χ1v) is 13.0. The van der Waals surface area contributed by atoms with E-state index < -0.39 is 6.17 Å². The van der Waals surface area contributed by atoms with Crippen molar-refractivity contribution < 1.29 is 13.9 Å². The van der Waals surface area contributed by atoms with Crippen molar-refractivity contribution in [2.75, 3.05) is 38.6 Å². The molecule has 198 valence electrons. The molecule has 1 aromatic carbocycles. The van der Waals surface area contributed by atoms with E-state index in [0.717, 1.165) is 22.6 Å². The molecule has 0 radical (unpaired) electrons. The smallest absolute Gasteiger partial charge is 0.254 e. The summed E-state index contributed by atoms with van der Waals surface area (Å²) >= 11 is 0. The predicted molar refractivity (Wildman–Crippen MR) is 141 cm³/mol. The first-order valence-electron chi connectivity index (χ1n) is 13.0. The normalized spacial score (nSPS) is 16.5. The number of carbonyl (C=O) groups excluding carboxylic acids is 1. The van der Waals surface area contributed by atoms with Gasteiger partial charge in [-0.15, -0.1) is 0 Å². The number of nitriles is 1. The van der Waals surface area contributed by atoms with Crippen LogP contribution in [0.3, 0.4) is 0 Å². The van der Waals surface area contributed by atoms with Crippen molar-refractivity contribution >= 4 is 11.9 Å². The van der Waals surface area contributed by atoms with Crippen LogP contribution in [0.25, 0.3) is 0 Å². The fourth-order valence-corrected chi connectivity index (χ4v) is 5.31. The highest BCUT2D eigenvalue weighted by molar-refractivity contribution is 5.97. The zero-order chi connectivity index (χ0) is 26.8. The van der Waals surface area contributed by atoms with Gasteiger partial charge in [0, 0.05) is 63.4 Å². The molecule has 5 rings (SSSR count). The number of carbonyl (C=O) groups is 1. The lowest BCUT2D eigenvalue weighted by molar-refractivity contribution is 0.0578. The van der Waals surface area contributed by atoms with Gasteiger partial charge in [0.25, 0.3) is 5.91 Å². The predicted octanol–water partition coefficient (Wildman–Crippen LogP) is 3.55. The van der Waals surface area contributed by atoms with Gasteiger partial charge in [-0.05, 0) is 43.0 Å². The van der Waals surface area contributed by atoms with Crippen molar-refractivity contribution in [3.63, 3.8) is 0 Å². The van der Waals surface area contributed by atoms with Crippen molar-refractivity contribution in [2.45, 2.75) is 45.6 Å². The number of fused-ring (bicyclic) bond motifs is 1. The second-order valence-corrected chi connectivity index (χ2v) is 9.78. The fourth-order valence-electron chi connectivity index (χ4n) is 5.31. The van der Waals surface area contributed by atoms with Crippen molar-refractivity contribution in [1.29, 1.82) is 5.26 Å². The lowest BCUT2D eigenvalue weighted by Gasteiger charge is -2.37. The summed E-state index contributed by atoms with van der Waals surface area (Å²) in [6.45, 7) is 6.81. The molecule has 2 aliphatic rings. The zero-order valence-electron chi connectivity index (χ0n) is 21.9. The number of alkyl halides is 1. The quantitative estimate of drug-likeness (QED) is 0.463. The first kappa shape index (κ1) is 25.7. The van der Waals surface area contributed by atoms with Gasteiger partial charge in [0.1, 0.15) is 23.6 Å². The average molecular weight is 518 g/mol. The second-order valence-electron chi connectivity index (χ2n) is 9.78. The van der Waals surface area contributed by atoms with E-state index in [-0.39, 0.29) is 11.9 Å². The molecule has 2 aliphatic heterocycles. The highest BCUT2D eigenvalue weighted by Crippen LogP contribution is 2.33. The number of hydrogen-bond donors (Lipinski definition) is 1. The molecule has 3 aromatic rings.